The van der Waals surface area contributed by atoms with Crippen LogP contribution in [-0.4, -0.2) is 22.5 Å². The van der Waals surface area contributed by atoms with Gasteiger partial charge in [0.05, 0.1) is 23.8 Å². The molecule has 1 amide bonds. The number of fused-ring (bicyclic) bond motifs is 2. The topological polar surface area (TPSA) is 121 Å². The molecule has 8 nitrogen and oxygen atoms in total. The summed E-state index contributed by atoms with van der Waals surface area (Å²) in [6.45, 7) is 0.393. The van der Waals surface area contributed by atoms with Gasteiger partial charge in [-0.25, -0.2) is 4.79 Å². The highest BCUT2D eigenvalue weighted by atomic mass is 16.5. The van der Waals surface area contributed by atoms with Gasteiger partial charge in [-0.05, 0) is 59.2 Å². The van der Waals surface area contributed by atoms with Gasteiger partial charge >= 0.3 is 5.76 Å². The maximum atomic E-state index is 13.6. The number of aromatic amines is 1. The molecule has 3 aromatic carbocycles. The summed E-state index contributed by atoms with van der Waals surface area (Å²) in [5, 5.41) is 12.3. The number of rotatable bonds is 4. The van der Waals surface area contributed by atoms with Crippen LogP contribution in [-0.2, 0) is 5.54 Å². The monoisotopic (exact) mass is 488 g/mol. The molecule has 3 heterocycles. The summed E-state index contributed by atoms with van der Waals surface area (Å²) in [4.78, 5) is 32.3. The maximum Gasteiger partial charge on any atom is 0.417 e. The second-order valence-corrected chi connectivity index (χ2v) is 8.80. The lowest BCUT2D eigenvalue weighted by Crippen LogP contribution is -2.50. The fraction of sp³-hybridized carbons (Fsp3) is 0.103. The van der Waals surface area contributed by atoms with E-state index >= 15 is 0 Å². The molecule has 2 aromatic heterocycles. The van der Waals surface area contributed by atoms with Crippen LogP contribution in [0.3, 0.4) is 0 Å². The molecule has 180 valence electrons. The van der Waals surface area contributed by atoms with E-state index in [1.54, 1.807) is 42.6 Å². The Kier molecular flexibility index (Phi) is 5.31. The molecule has 2 N–H and O–H groups in total. The number of pyridine rings is 1. The highest BCUT2D eigenvalue weighted by Crippen LogP contribution is 2.41. The minimum absolute atomic E-state index is 0.321. The van der Waals surface area contributed by atoms with Crippen molar-refractivity contribution in [3.63, 3.8) is 0 Å². The van der Waals surface area contributed by atoms with Crippen LogP contribution < -0.4 is 15.8 Å². The van der Waals surface area contributed by atoms with Crippen LogP contribution in [0.1, 0.15) is 33.6 Å². The van der Waals surface area contributed by atoms with Gasteiger partial charge in [0.2, 0.25) is 0 Å². The summed E-state index contributed by atoms with van der Waals surface area (Å²) in [6, 6.07) is 25.9. The van der Waals surface area contributed by atoms with Crippen LogP contribution in [0.4, 0.5) is 0 Å². The minimum Gasteiger partial charge on any atom is -0.491 e. The summed E-state index contributed by atoms with van der Waals surface area (Å²) in [5.74, 6) is -0.285. The molecule has 0 saturated carbocycles. The fourth-order valence-corrected chi connectivity index (χ4v) is 4.78. The lowest BCUT2D eigenvalue weighted by Gasteiger charge is -2.39. The zero-order valence-corrected chi connectivity index (χ0v) is 19.5. The van der Waals surface area contributed by atoms with Crippen molar-refractivity contribution in [3.8, 4) is 22.9 Å². The number of H-pyrrole nitrogens is 1. The van der Waals surface area contributed by atoms with Crippen molar-refractivity contribution in [1.82, 2.24) is 15.3 Å². The fourth-order valence-electron chi connectivity index (χ4n) is 4.78. The van der Waals surface area contributed by atoms with Crippen LogP contribution in [0.2, 0.25) is 0 Å². The lowest BCUT2D eigenvalue weighted by atomic mass is 9.80. The summed E-state index contributed by atoms with van der Waals surface area (Å²) in [6.07, 6.45) is 2.16. The van der Waals surface area contributed by atoms with Gasteiger partial charge in [0.25, 0.3) is 5.91 Å². The number of nitriles is 1. The number of nitrogens with zero attached hydrogens (tertiary/aromatic N) is 2. The number of benzene rings is 3. The van der Waals surface area contributed by atoms with Gasteiger partial charge in [0.15, 0.2) is 5.58 Å². The predicted molar refractivity (Wildman–Crippen MR) is 136 cm³/mol. The number of amides is 1. The van der Waals surface area contributed by atoms with E-state index in [1.807, 2.05) is 42.5 Å². The number of hydrogen-bond acceptors (Lipinski definition) is 6. The predicted octanol–water partition coefficient (Wildman–Crippen LogP) is 4.51. The molecule has 0 radical (unpaired) electrons. The first-order chi connectivity index (χ1) is 18.1. The standard InChI is InChI=1S/C29H20N4O4/c30-17-18-3-5-19(6-4-18)20-7-10-22(11-8-20)29(13-15-36-25-2-1-14-31-26(25)29)33-27(34)21-9-12-24-23(16-21)32-28(35)37-24/h1-12,14,16H,13,15H2,(H,32,35)(H,33,34)/t29-/m1/s1. The van der Waals surface area contributed by atoms with E-state index in [9.17, 15) is 9.59 Å². The van der Waals surface area contributed by atoms with Crippen molar-refractivity contribution in [3.05, 3.63) is 118 Å². The van der Waals surface area contributed by atoms with Gasteiger partial charge in [0.1, 0.15) is 17.0 Å². The van der Waals surface area contributed by atoms with E-state index in [0.29, 0.717) is 46.7 Å². The van der Waals surface area contributed by atoms with Crippen LogP contribution >= 0.6 is 0 Å². The quantitative estimate of drug-likeness (QED) is 0.384. The Balaban J connectivity index is 1.41. The van der Waals surface area contributed by atoms with Gasteiger partial charge < -0.3 is 14.5 Å². The molecule has 0 bridgehead atoms. The smallest absolute Gasteiger partial charge is 0.417 e. The number of nitrogens with one attached hydrogen (secondary N) is 2. The van der Waals surface area contributed by atoms with Crippen molar-refractivity contribution in [1.29, 1.82) is 5.26 Å². The molecule has 0 spiro atoms. The number of ether oxygens (including phenoxy) is 1. The number of carbonyl (C=O) groups is 1. The van der Waals surface area contributed by atoms with Crippen LogP contribution in [0.25, 0.3) is 22.2 Å². The average Bonchev–Trinajstić information content (AvgIpc) is 3.32. The molecule has 1 aliphatic rings. The van der Waals surface area contributed by atoms with Crippen molar-refractivity contribution in [2.24, 2.45) is 0 Å². The molecule has 5 aromatic rings. The van der Waals surface area contributed by atoms with Gasteiger partial charge in [0, 0.05) is 18.2 Å². The molecule has 8 heteroatoms. The molecule has 0 fully saturated rings. The van der Waals surface area contributed by atoms with Crippen LogP contribution in [0.15, 0.2) is 94.3 Å². The van der Waals surface area contributed by atoms with E-state index in [1.165, 1.54) is 0 Å². The van der Waals surface area contributed by atoms with E-state index in [4.69, 9.17) is 14.4 Å². The van der Waals surface area contributed by atoms with E-state index in [-0.39, 0.29) is 5.91 Å². The van der Waals surface area contributed by atoms with E-state index in [2.05, 4.69) is 21.4 Å². The van der Waals surface area contributed by atoms with Crippen molar-refractivity contribution in [2.75, 3.05) is 6.61 Å². The third-order valence-electron chi connectivity index (χ3n) is 6.64. The zero-order chi connectivity index (χ0) is 25.4. The molecule has 37 heavy (non-hydrogen) atoms. The van der Waals surface area contributed by atoms with Crippen LogP contribution in [0, 0.1) is 11.3 Å². The highest BCUT2D eigenvalue weighted by molar-refractivity contribution is 5.98. The average molecular weight is 489 g/mol. The molecular weight excluding hydrogens is 468 g/mol. The first kappa shape index (κ1) is 22.3. The maximum absolute atomic E-state index is 13.6. The molecule has 0 aliphatic carbocycles. The SMILES string of the molecule is N#Cc1ccc(-c2ccc([C@]3(NC(=O)c4ccc5oc(=O)[nH]c5c4)CCOc4cccnc43)cc2)cc1. The molecular formula is C29H20N4O4. The Morgan fingerprint density at radius 2 is 1.78 bits per heavy atom. The Morgan fingerprint density at radius 3 is 2.54 bits per heavy atom. The second kappa shape index (κ2) is 8.81. The molecule has 6 rings (SSSR count). The summed E-state index contributed by atoms with van der Waals surface area (Å²) >= 11 is 0. The Morgan fingerprint density at radius 1 is 1.03 bits per heavy atom. The number of hydrogen-bond donors (Lipinski definition) is 2. The molecule has 1 atom stereocenters. The Hall–Kier alpha value is -5.16. The van der Waals surface area contributed by atoms with Crippen LogP contribution in [0.5, 0.6) is 5.75 Å². The zero-order valence-electron chi connectivity index (χ0n) is 19.5. The van der Waals surface area contributed by atoms with Crippen molar-refractivity contribution < 1.29 is 13.9 Å². The second-order valence-electron chi connectivity index (χ2n) is 8.80. The summed E-state index contributed by atoms with van der Waals surface area (Å²) in [5.41, 5.74) is 4.32. The number of oxazole rings is 1. The Labute approximate surface area is 211 Å². The van der Waals surface area contributed by atoms with E-state index in [0.717, 1.165) is 16.7 Å². The summed E-state index contributed by atoms with van der Waals surface area (Å²) < 4.78 is 10.9. The lowest BCUT2D eigenvalue weighted by molar-refractivity contribution is 0.0884. The number of carbonyl (C=O) groups excluding carboxylic acids is 1. The largest absolute Gasteiger partial charge is 0.491 e. The third-order valence-corrected chi connectivity index (χ3v) is 6.64. The first-order valence-electron chi connectivity index (χ1n) is 11.7. The van der Waals surface area contributed by atoms with Crippen molar-refractivity contribution >= 4 is 17.0 Å². The minimum atomic E-state index is -0.937. The van der Waals surface area contributed by atoms with Gasteiger partial charge in [-0.3, -0.25) is 14.8 Å². The molecule has 0 unspecified atom stereocenters. The van der Waals surface area contributed by atoms with Gasteiger partial charge in [-0.15, -0.1) is 0 Å². The highest BCUT2D eigenvalue weighted by Gasteiger charge is 2.42. The Bertz CT molecular complexity index is 1730. The van der Waals surface area contributed by atoms with Crippen molar-refractivity contribution in [2.45, 2.75) is 12.0 Å². The third kappa shape index (κ3) is 3.93. The normalized spacial score (nSPS) is 16.4. The van der Waals surface area contributed by atoms with Gasteiger partial charge in [-0.2, -0.15) is 5.26 Å². The van der Waals surface area contributed by atoms with Gasteiger partial charge in [-0.1, -0.05) is 36.4 Å². The molecule has 0 saturated heterocycles. The first-order valence-corrected chi connectivity index (χ1v) is 11.7. The van der Waals surface area contributed by atoms with E-state index < -0.39 is 11.3 Å². The number of aromatic nitrogens is 2. The molecule has 1 aliphatic heterocycles. The summed E-state index contributed by atoms with van der Waals surface area (Å²) in [7, 11) is 0.